The van der Waals surface area contributed by atoms with Gasteiger partial charge in [0.05, 0.1) is 5.69 Å². The van der Waals surface area contributed by atoms with Gasteiger partial charge in [0, 0.05) is 37.3 Å². The Balaban J connectivity index is 1.47. The van der Waals surface area contributed by atoms with Crippen molar-refractivity contribution < 1.29 is 9.59 Å². The molecule has 2 aliphatic heterocycles. The monoisotopic (exact) mass is 368 g/mol. The number of para-hydroxylation sites is 1. The third-order valence-electron chi connectivity index (χ3n) is 4.83. The van der Waals surface area contributed by atoms with Crippen molar-refractivity contribution in [3.63, 3.8) is 0 Å². The van der Waals surface area contributed by atoms with E-state index < -0.39 is 4.75 Å². The van der Waals surface area contributed by atoms with Crippen molar-refractivity contribution in [2.45, 2.75) is 16.6 Å². The first kappa shape index (κ1) is 16.9. The molecular weight excluding hydrogens is 348 g/mol. The number of thioether (sulfide) groups is 1. The van der Waals surface area contributed by atoms with E-state index in [1.807, 2.05) is 42.5 Å². The summed E-state index contributed by atoms with van der Waals surface area (Å²) in [6.45, 7) is 4.31. The van der Waals surface area contributed by atoms with Gasteiger partial charge in [-0.25, -0.2) is 4.98 Å². The Kier molecular flexibility index (Phi) is 4.32. The third kappa shape index (κ3) is 2.92. The molecule has 1 N–H and O–H groups in total. The van der Waals surface area contributed by atoms with Crippen molar-refractivity contribution in [2.24, 2.45) is 0 Å². The molecule has 1 aromatic carbocycles. The highest BCUT2D eigenvalue weighted by molar-refractivity contribution is 8.02. The molecule has 6 nitrogen and oxygen atoms in total. The first-order valence-corrected chi connectivity index (χ1v) is 9.44. The minimum Gasteiger partial charge on any atom is -0.353 e. The van der Waals surface area contributed by atoms with Gasteiger partial charge in [-0.1, -0.05) is 30.0 Å². The molecular formula is C19H20N4O2S. The Bertz CT molecular complexity index is 836. The molecule has 0 spiro atoms. The lowest BCUT2D eigenvalue weighted by Crippen LogP contribution is -2.58. The summed E-state index contributed by atoms with van der Waals surface area (Å²) in [4.78, 5) is 35.0. The molecule has 0 aliphatic carbocycles. The number of amides is 2. The molecule has 1 aromatic heterocycles. The van der Waals surface area contributed by atoms with Gasteiger partial charge in [0.25, 0.3) is 0 Å². The van der Waals surface area contributed by atoms with Gasteiger partial charge < -0.3 is 15.1 Å². The molecule has 2 amide bonds. The fourth-order valence-corrected chi connectivity index (χ4v) is 4.46. The van der Waals surface area contributed by atoms with Gasteiger partial charge in [-0.2, -0.15) is 0 Å². The molecule has 2 aromatic rings. The SMILES string of the molecule is CC1(C(=O)N2CCN(c3ccccn3)CC2)Sc2ccccc2NC1=O. The molecule has 0 saturated carbocycles. The highest BCUT2D eigenvalue weighted by Gasteiger charge is 2.48. The lowest BCUT2D eigenvalue weighted by atomic mass is 10.1. The highest BCUT2D eigenvalue weighted by Crippen LogP contribution is 2.43. The summed E-state index contributed by atoms with van der Waals surface area (Å²) in [7, 11) is 0. The summed E-state index contributed by atoms with van der Waals surface area (Å²) in [6, 6.07) is 13.4. The minimum absolute atomic E-state index is 0.129. The largest absolute Gasteiger partial charge is 0.353 e. The number of anilines is 2. The zero-order chi connectivity index (χ0) is 18.1. The number of rotatable bonds is 2. The highest BCUT2D eigenvalue weighted by atomic mass is 32.2. The van der Waals surface area contributed by atoms with Crippen LogP contribution in [0.3, 0.4) is 0 Å². The number of carbonyl (C=O) groups excluding carboxylic acids is 2. The van der Waals surface area contributed by atoms with Gasteiger partial charge >= 0.3 is 0 Å². The van der Waals surface area contributed by atoms with Gasteiger partial charge in [-0.15, -0.1) is 0 Å². The van der Waals surface area contributed by atoms with Gasteiger partial charge in [0.1, 0.15) is 5.82 Å². The van der Waals surface area contributed by atoms with Crippen molar-refractivity contribution in [1.29, 1.82) is 0 Å². The number of pyridine rings is 1. The van der Waals surface area contributed by atoms with Crippen LogP contribution in [0.25, 0.3) is 0 Å². The maximum Gasteiger partial charge on any atom is 0.250 e. The molecule has 26 heavy (non-hydrogen) atoms. The number of carbonyl (C=O) groups is 2. The van der Waals surface area contributed by atoms with Crippen molar-refractivity contribution in [2.75, 3.05) is 36.4 Å². The van der Waals surface area contributed by atoms with E-state index in [9.17, 15) is 9.59 Å². The third-order valence-corrected chi connectivity index (χ3v) is 6.18. The zero-order valence-electron chi connectivity index (χ0n) is 14.5. The van der Waals surface area contributed by atoms with Gasteiger partial charge in [-0.3, -0.25) is 9.59 Å². The number of piperazine rings is 1. The number of fused-ring (bicyclic) bond motifs is 1. The average Bonchev–Trinajstić information content (AvgIpc) is 2.69. The molecule has 1 saturated heterocycles. The topological polar surface area (TPSA) is 65.5 Å². The van der Waals surface area contributed by atoms with Gasteiger partial charge in [-0.05, 0) is 31.2 Å². The zero-order valence-corrected chi connectivity index (χ0v) is 15.3. The maximum absolute atomic E-state index is 13.1. The van der Waals surface area contributed by atoms with Crippen LogP contribution in [0, 0.1) is 0 Å². The average molecular weight is 368 g/mol. The number of benzene rings is 1. The summed E-state index contributed by atoms with van der Waals surface area (Å²) in [5.41, 5.74) is 0.771. The van der Waals surface area contributed by atoms with Crippen LogP contribution in [-0.2, 0) is 9.59 Å². The molecule has 0 bridgehead atoms. The summed E-state index contributed by atoms with van der Waals surface area (Å²) in [5.74, 6) is 0.540. The van der Waals surface area contributed by atoms with Crippen LogP contribution in [0.15, 0.2) is 53.6 Å². The Hall–Kier alpha value is -2.54. The molecule has 3 heterocycles. The number of hydrogen-bond acceptors (Lipinski definition) is 5. The van der Waals surface area contributed by atoms with Gasteiger partial charge in [0.2, 0.25) is 11.8 Å². The Labute approximate surface area is 156 Å². The van der Waals surface area contributed by atoms with Crippen molar-refractivity contribution >= 4 is 35.1 Å². The van der Waals surface area contributed by atoms with Crippen LogP contribution in [0.4, 0.5) is 11.5 Å². The quantitative estimate of drug-likeness (QED) is 0.824. The van der Waals surface area contributed by atoms with Crippen LogP contribution in [0.1, 0.15) is 6.92 Å². The van der Waals surface area contributed by atoms with Crippen molar-refractivity contribution in [1.82, 2.24) is 9.88 Å². The number of aromatic nitrogens is 1. The van der Waals surface area contributed by atoms with Crippen molar-refractivity contribution in [3.8, 4) is 0 Å². The summed E-state index contributed by atoms with van der Waals surface area (Å²) in [5, 5.41) is 2.88. The van der Waals surface area contributed by atoms with E-state index in [4.69, 9.17) is 0 Å². The molecule has 1 fully saturated rings. The van der Waals surface area contributed by atoms with E-state index in [-0.39, 0.29) is 11.8 Å². The fraction of sp³-hybridized carbons (Fsp3) is 0.316. The first-order chi connectivity index (χ1) is 12.6. The van der Waals surface area contributed by atoms with E-state index in [1.165, 1.54) is 11.8 Å². The van der Waals surface area contributed by atoms with Crippen LogP contribution in [0.2, 0.25) is 0 Å². The minimum atomic E-state index is -1.14. The first-order valence-electron chi connectivity index (χ1n) is 8.63. The lowest BCUT2D eigenvalue weighted by Gasteiger charge is -2.40. The summed E-state index contributed by atoms with van der Waals surface area (Å²) >= 11 is 1.34. The standard InChI is InChI=1S/C19H20N4O2S/c1-19(17(24)21-14-6-2-3-7-15(14)26-19)18(25)23-12-10-22(11-13-23)16-8-4-5-9-20-16/h2-9H,10-13H2,1H3,(H,21,24). The second-order valence-electron chi connectivity index (χ2n) is 6.55. The van der Waals surface area contributed by atoms with Crippen LogP contribution in [0.5, 0.6) is 0 Å². The molecule has 7 heteroatoms. The van der Waals surface area contributed by atoms with Crippen LogP contribution in [-0.4, -0.2) is 52.6 Å². The molecule has 4 rings (SSSR count). The Morgan fingerprint density at radius 1 is 1.12 bits per heavy atom. The maximum atomic E-state index is 13.1. The molecule has 1 atom stereocenters. The summed E-state index contributed by atoms with van der Waals surface area (Å²) < 4.78 is -1.14. The molecule has 2 aliphatic rings. The normalized spacial score (nSPS) is 22.6. The van der Waals surface area contributed by atoms with Crippen LogP contribution < -0.4 is 10.2 Å². The number of nitrogens with zero attached hydrogens (tertiary/aromatic N) is 3. The smallest absolute Gasteiger partial charge is 0.250 e. The van der Waals surface area contributed by atoms with Crippen LogP contribution >= 0.6 is 11.8 Å². The van der Waals surface area contributed by atoms with E-state index in [2.05, 4.69) is 15.2 Å². The van der Waals surface area contributed by atoms with E-state index in [0.717, 1.165) is 16.4 Å². The Morgan fingerprint density at radius 2 is 1.85 bits per heavy atom. The predicted octanol–water partition coefficient (Wildman–Crippen LogP) is 2.23. The lowest BCUT2D eigenvalue weighted by molar-refractivity contribution is -0.137. The van der Waals surface area contributed by atoms with E-state index in [0.29, 0.717) is 26.2 Å². The molecule has 134 valence electrons. The number of hydrogen-bond donors (Lipinski definition) is 1. The predicted molar refractivity (Wildman–Crippen MR) is 102 cm³/mol. The van der Waals surface area contributed by atoms with Gasteiger partial charge in [0.15, 0.2) is 4.75 Å². The molecule has 0 radical (unpaired) electrons. The number of nitrogens with one attached hydrogen (secondary N) is 1. The summed E-state index contributed by atoms with van der Waals surface area (Å²) in [6.07, 6.45) is 1.77. The second kappa shape index (κ2) is 6.64. The fourth-order valence-electron chi connectivity index (χ4n) is 3.29. The van der Waals surface area contributed by atoms with Crippen molar-refractivity contribution in [3.05, 3.63) is 48.7 Å². The molecule has 1 unspecified atom stereocenters. The van der Waals surface area contributed by atoms with E-state index >= 15 is 0 Å². The second-order valence-corrected chi connectivity index (χ2v) is 8.01. The van der Waals surface area contributed by atoms with E-state index in [1.54, 1.807) is 18.0 Å². The Morgan fingerprint density at radius 3 is 2.58 bits per heavy atom.